The van der Waals surface area contributed by atoms with Crippen molar-refractivity contribution in [1.82, 2.24) is 4.90 Å². The van der Waals surface area contributed by atoms with E-state index < -0.39 is 6.04 Å². The lowest BCUT2D eigenvalue weighted by Crippen LogP contribution is -2.42. The third-order valence-electron chi connectivity index (χ3n) is 4.98. The lowest BCUT2D eigenvalue weighted by atomic mass is 9.91. The molecule has 0 bridgehead atoms. The number of nitrogens with one attached hydrogen (secondary N) is 1. The van der Waals surface area contributed by atoms with E-state index in [0.29, 0.717) is 25.2 Å². The Labute approximate surface area is 158 Å². The van der Waals surface area contributed by atoms with Crippen molar-refractivity contribution in [2.24, 2.45) is 11.7 Å². The fourth-order valence-corrected chi connectivity index (χ4v) is 3.61. The maximum atomic E-state index is 13.1. The highest BCUT2D eigenvalue weighted by Crippen LogP contribution is 2.29. The van der Waals surface area contributed by atoms with E-state index in [0.717, 1.165) is 18.4 Å². The molecule has 1 aliphatic heterocycles. The number of hydrogen-bond donors (Lipinski definition) is 2. The summed E-state index contributed by atoms with van der Waals surface area (Å²) in [6.45, 7) is 1.43. The third-order valence-corrected chi connectivity index (χ3v) is 4.98. The molecule has 2 aromatic rings. The Morgan fingerprint density at radius 1 is 1.07 bits per heavy atom. The summed E-state index contributed by atoms with van der Waals surface area (Å²) in [5.41, 5.74) is 6.78. The van der Waals surface area contributed by atoms with Crippen LogP contribution in [0.4, 0.5) is 10.1 Å². The van der Waals surface area contributed by atoms with Crippen molar-refractivity contribution in [3.05, 3.63) is 66.0 Å². The zero-order chi connectivity index (χ0) is 19.2. The fourth-order valence-electron chi connectivity index (χ4n) is 3.61. The molecule has 3 N–H and O–H groups in total. The summed E-state index contributed by atoms with van der Waals surface area (Å²) >= 11 is 0. The van der Waals surface area contributed by atoms with Crippen molar-refractivity contribution in [2.45, 2.75) is 25.3 Å². The van der Waals surface area contributed by atoms with E-state index in [1.807, 2.05) is 30.3 Å². The van der Waals surface area contributed by atoms with Gasteiger partial charge in [0.2, 0.25) is 11.8 Å². The van der Waals surface area contributed by atoms with Gasteiger partial charge in [0.15, 0.2) is 0 Å². The van der Waals surface area contributed by atoms with Crippen molar-refractivity contribution < 1.29 is 14.0 Å². The van der Waals surface area contributed by atoms with Crippen LogP contribution in [0.1, 0.15) is 30.9 Å². The molecule has 0 aliphatic carbocycles. The highest BCUT2D eigenvalue weighted by Gasteiger charge is 2.31. The van der Waals surface area contributed by atoms with Gasteiger partial charge in [-0.05, 0) is 61.7 Å². The summed E-state index contributed by atoms with van der Waals surface area (Å²) in [7, 11) is 0. The van der Waals surface area contributed by atoms with Gasteiger partial charge in [0.1, 0.15) is 11.9 Å². The fraction of sp³-hybridized carbons (Fsp3) is 0.333. The van der Waals surface area contributed by atoms with Crippen LogP contribution in [0, 0.1) is 11.7 Å². The number of benzene rings is 2. The number of anilines is 1. The molecule has 2 aromatic carbocycles. The second-order valence-corrected chi connectivity index (χ2v) is 6.96. The van der Waals surface area contributed by atoms with Crippen LogP contribution in [0.3, 0.4) is 0 Å². The summed E-state index contributed by atoms with van der Waals surface area (Å²) in [5, 5.41) is 2.89. The molecule has 0 spiro atoms. The van der Waals surface area contributed by atoms with Crippen LogP contribution in [0.25, 0.3) is 0 Å². The highest BCUT2D eigenvalue weighted by atomic mass is 19.1. The number of amides is 2. The lowest BCUT2D eigenvalue weighted by Gasteiger charge is -2.36. The quantitative estimate of drug-likeness (QED) is 0.822. The van der Waals surface area contributed by atoms with Gasteiger partial charge in [-0.2, -0.15) is 0 Å². The first-order chi connectivity index (χ1) is 13.0. The summed E-state index contributed by atoms with van der Waals surface area (Å²) < 4.78 is 13.1. The van der Waals surface area contributed by atoms with E-state index in [9.17, 15) is 14.0 Å². The van der Waals surface area contributed by atoms with Gasteiger partial charge in [-0.3, -0.25) is 14.5 Å². The van der Waals surface area contributed by atoms with Crippen LogP contribution in [0.5, 0.6) is 0 Å². The first-order valence-electron chi connectivity index (χ1n) is 9.16. The zero-order valence-corrected chi connectivity index (χ0v) is 15.1. The molecule has 6 heteroatoms. The molecule has 2 amide bonds. The van der Waals surface area contributed by atoms with Crippen molar-refractivity contribution in [2.75, 3.05) is 18.4 Å². The summed E-state index contributed by atoms with van der Waals surface area (Å²) in [6, 6.07) is 14.9. The maximum Gasteiger partial charge on any atom is 0.246 e. The number of nitrogens with zero attached hydrogens (tertiary/aromatic N) is 1. The average molecular weight is 369 g/mol. The Balaban J connectivity index is 1.75. The van der Waals surface area contributed by atoms with Gasteiger partial charge in [-0.1, -0.05) is 30.3 Å². The number of rotatable bonds is 6. The number of carbonyl (C=O) groups excluding carboxylic acids is 2. The van der Waals surface area contributed by atoms with Crippen LogP contribution < -0.4 is 11.1 Å². The number of primary amides is 1. The first-order valence-corrected chi connectivity index (χ1v) is 9.16. The number of halogens is 1. The molecule has 1 atom stereocenters. The van der Waals surface area contributed by atoms with Gasteiger partial charge in [0.25, 0.3) is 0 Å². The molecule has 1 heterocycles. The second-order valence-electron chi connectivity index (χ2n) is 6.96. The minimum Gasteiger partial charge on any atom is -0.370 e. The van der Waals surface area contributed by atoms with E-state index in [1.54, 1.807) is 12.1 Å². The molecule has 142 valence electrons. The molecule has 1 fully saturated rings. The Hall–Kier alpha value is -2.73. The molecule has 0 saturated carbocycles. The number of carbonyl (C=O) groups is 2. The molecule has 27 heavy (non-hydrogen) atoms. The summed E-state index contributed by atoms with van der Waals surface area (Å²) in [6.07, 6.45) is 2.05. The molecule has 1 unspecified atom stereocenters. The zero-order valence-electron chi connectivity index (χ0n) is 15.1. The number of hydrogen-bond acceptors (Lipinski definition) is 3. The van der Waals surface area contributed by atoms with Crippen LogP contribution in [-0.4, -0.2) is 29.8 Å². The van der Waals surface area contributed by atoms with Gasteiger partial charge >= 0.3 is 0 Å². The molecule has 0 radical (unpaired) electrons. The number of likely N-dealkylation sites (tertiary alicyclic amines) is 1. The van der Waals surface area contributed by atoms with E-state index in [1.165, 1.54) is 12.1 Å². The molecule has 0 aromatic heterocycles. The van der Waals surface area contributed by atoms with Crippen LogP contribution in [0.15, 0.2) is 54.6 Å². The third kappa shape index (κ3) is 5.14. The van der Waals surface area contributed by atoms with Gasteiger partial charge in [-0.15, -0.1) is 0 Å². The predicted molar refractivity (Wildman–Crippen MR) is 102 cm³/mol. The van der Waals surface area contributed by atoms with E-state index in [4.69, 9.17) is 5.73 Å². The summed E-state index contributed by atoms with van der Waals surface area (Å²) in [4.78, 5) is 26.3. The number of nitrogens with two attached hydrogens (primary N) is 1. The Morgan fingerprint density at radius 3 is 2.30 bits per heavy atom. The van der Waals surface area contributed by atoms with Crippen molar-refractivity contribution >= 4 is 17.5 Å². The van der Waals surface area contributed by atoms with Crippen LogP contribution in [-0.2, 0) is 9.59 Å². The first kappa shape index (κ1) is 19.0. The van der Waals surface area contributed by atoms with Crippen molar-refractivity contribution in [3.8, 4) is 0 Å². The molecule has 3 rings (SSSR count). The lowest BCUT2D eigenvalue weighted by molar-refractivity contribution is -0.123. The molecular formula is C21H24FN3O2. The monoisotopic (exact) mass is 369 g/mol. The Morgan fingerprint density at radius 2 is 1.70 bits per heavy atom. The Bertz CT molecular complexity index is 772. The maximum absolute atomic E-state index is 13.1. The van der Waals surface area contributed by atoms with E-state index in [2.05, 4.69) is 10.2 Å². The van der Waals surface area contributed by atoms with Gasteiger partial charge < -0.3 is 11.1 Å². The molecule has 1 saturated heterocycles. The smallest absolute Gasteiger partial charge is 0.246 e. The molecule has 5 nitrogen and oxygen atoms in total. The number of piperidine rings is 1. The average Bonchev–Trinajstić information content (AvgIpc) is 2.66. The topological polar surface area (TPSA) is 75.4 Å². The SMILES string of the molecule is NC(=O)CC1CCN(C(C(=O)Nc2ccc(F)cc2)c2ccccc2)CC1. The molecule has 1 aliphatic rings. The summed E-state index contributed by atoms with van der Waals surface area (Å²) in [5.74, 6) is -0.497. The Kier molecular flexibility index (Phi) is 6.19. The van der Waals surface area contributed by atoms with Crippen LogP contribution in [0.2, 0.25) is 0 Å². The van der Waals surface area contributed by atoms with Gasteiger partial charge in [-0.25, -0.2) is 4.39 Å². The second kappa shape index (κ2) is 8.77. The van der Waals surface area contributed by atoms with E-state index in [-0.39, 0.29) is 23.5 Å². The predicted octanol–water partition coefficient (Wildman–Crippen LogP) is 3.09. The van der Waals surface area contributed by atoms with Gasteiger partial charge in [0.05, 0.1) is 0 Å². The minimum absolute atomic E-state index is 0.152. The largest absolute Gasteiger partial charge is 0.370 e. The standard InChI is InChI=1S/C21H24FN3O2/c22-17-6-8-18(9-7-17)24-21(27)20(16-4-2-1-3-5-16)25-12-10-15(11-13-25)14-19(23)26/h1-9,15,20H,10-14H2,(H2,23,26)(H,24,27). The van der Waals surface area contributed by atoms with Crippen molar-refractivity contribution in [3.63, 3.8) is 0 Å². The normalized spacial score (nSPS) is 16.6. The van der Waals surface area contributed by atoms with Crippen LogP contribution >= 0.6 is 0 Å². The van der Waals surface area contributed by atoms with E-state index >= 15 is 0 Å². The minimum atomic E-state index is -0.439. The van der Waals surface area contributed by atoms with Gasteiger partial charge in [0, 0.05) is 12.1 Å². The molecular weight excluding hydrogens is 345 g/mol. The van der Waals surface area contributed by atoms with Crippen molar-refractivity contribution in [1.29, 1.82) is 0 Å². The highest BCUT2D eigenvalue weighted by molar-refractivity contribution is 5.95.